The van der Waals surface area contributed by atoms with Crippen LogP contribution in [0.4, 0.5) is 10.5 Å². The van der Waals surface area contributed by atoms with E-state index in [1.54, 1.807) is 14.0 Å². The molecule has 6 heteroatoms. The minimum absolute atomic E-state index is 0.183. The molecule has 0 saturated heterocycles. The quantitative estimate of drug-likeness (QED) is 0.766. The van der Waals surface area contributed by atoms with Gasteiger partial charge in [0.15, 0.2) is 0 Å². The smallest absolute Gasteiger partial charge is 0.321 e. The van der Waals surface area contributed by atoms with Gasteiger partial charge < -0.3 is 20.4 Å². The summed E-state index contributed by atoms with van der Waals surface area (Å²) in [6, 6.07) is 5.37. The van der Waals surface area contributed by atoms with Gasteiger partial charge in [0, 0.05) is 29.2 Å². The van der Waals surface area contributed by atoms with Crippen molar-refractivity contribution in [2.24, 2.45) is 5.41 Å². The summed E-state index contributed by atoms with van der Waals surface area (Å²) in [6.45, 7) is 3.53. The number of nitrogens with zero attached hydrogens (tertiary/aromatic N) is 1. The van der Waals surface area contributed by atoms with Crippen LogP contribution in [0.3, 0.4) is 0 Å². The number of aliphatic hydroxyl groups is 2. The number of benzene rings is 1. The standard InChI is InChI=1S/C14H21BrN2O3/c1-10-4-5-11(15)6-12(10)16-13(20)17(3)7-14(2,8-18)9-19/h4-6,18-19H,7-9H2,1-3H3,(H,16,20). The van der Waals surface area contributed by atoms with Crippen LogP contribution < -0.4 is 5.32 Å². The van der Waals surface area contributed by atoms with E-state index in [2.05, 4.69) is 21.2 Å². The number of urea groups is 1. The van der Waals surface area contributed by atoms with Gasteiger partial charge in [-0.15, -0.1) is 0 Å². The predicted octanol–water partition coefficient (Wildman–Crippen LogP) is 2.21. The van der Waals surface area contributed by atoms with Gasteiger partial charge >= 0.3 is 6.03 Å². The highest BCUT2D eigenvalue weighted by atomic mass is 79.9. The van der Waals surface area contributed by atoms with E-state index < -0.39 is 5.41 Å². The number of carbonyl (C=O) groups is 1. The van der Waals surface area contributed by atoms with Gasteiger partial charge in [0.25, 0.3) is 0 Å². The molecule has 1 aromatic carbocycles. The van der Waals surface area contributed by atoms with E-state index in [-0.39, 0.29) is 25.8 Å². The number of anilines is 1. The van der Waals surface area contributed by atoms with Crippen molar-refractivity contribution >= 4 is 27.6 Å². The van der Waals surface area contributed by atoms with Crippen molar-refractivity contribution in [2.75, 3.05) is 32.1 Å². The van der Waals surface area contributed by atoms with Gasteiger partial charge in [-0.25, -0.2) is 4.79 Å². The molecule has 5 nitrogen and oxygen atoms in total. The second-order valence-electron chi connectivity index (χ2n) is 5.37. The van der Waals surface area contributed by atoms with Crippen molar-refractivity contribution in [3.63, 3.8) is 0 Å². The van der Waals surface area contributed by atoms with Crippen LogP contribution in [-0.4, -0.2) is 48.0 Å². The Morgan fingerprint density at radius 1 is 1.40 bits per heavy atom. The van der Waals surface area contributed by atoms with Gasteiger partial charge in [-0.05, 0) is 24.6 Å². The molecule has 0 saturated carbocycles. The zero-order chi connectivity index (χ0) is 15.3. The maximum atomic E-state index is 12.1. The third-order valence-corrected chi connectivity index (χ3v) is 3.66. The first-order chi connectivity index (χ1) is 9.31. The van der Waals surface area contributed by atoms with Gasteiger partial charge in [0.2, 0.25) is 0 Å². The first-order valence-electron chi connectivity index (χ1n) is 6.31. The Morgan fingerprint density at radius 3 is 2.55 bits per heavy atom. The highest BCUT2D eigenvalue weighted by Gasteiger charge is 2.26. The summed E-state index contributed by atoms with van der Waals surface area (Å²) in [5.74, 6) is 0. The molecule has 2 amide bonds. The molecule has 0 unspecified atom stereocenters. The number of aliphatic hydroxyl groups excluding tert-OH is 2. The summed E-state index contributed by atoms with van der Waals surface area (Å²) in [4.78, 5) is 13.6. The van der Waals surface area contributed by atoms with Crippen LogP contribution in [0.2, 0.25) is 0 Å². The molecule has 0 aliphatic rings. The first-order valence-corrected chi connectivity index (χ1v) is 7.10. The maximum Gasteiger partial charge on any atom is 0.321 e. The Kier molecular flexibility index (Phi) is 5.98. The Hall–Kier alpha value is -1.11. The second kappa shape index (κ2) is 7.06. The Morgan fingerprint density at radius 2 is 2.00 bits per heavy atom. The van der Waals surface area contributed by atoms with E-state index in [4.69, 9.17) is 0 Å². The van der Waals surface area contributed by atoms with E-state index >= 15 is 0 Å². The molecule has 0 spiro atoms. The van der Waals surface area contributed by atoms with Crippen LogP contribution in [0.1, 0.15) is 12.5 Å². The van der Waals surface area contributed by atoms with E-state index in [1.807, 2.05) is 25.1 Å². The van der Waals surface area contributed by atoms with E-state index in [9.17, 15) is 15.0 Å². The normalized spacial score (nSPS) is 11.3. The van der Waals surface area contributed by atoms with Crippen LogP contribution in [0.25, 0.3) is 0 Å². The third-order valence-electron chi connectivity index (χ3n) is 3.17. The topological polar surface area (TPSA) is 72.8 Å². The number of amides is 2. The zero-order valence-corrected chi connectivity index (χ0v) is 13.6. The van der Waals surface area contributed by atoms with Crippen molar-refractivity contribution in [3.8, 4) is 0 Å². The lowest BCUT2D eigenvalue weighted by atomic mass is 9.92. The summed E-state index contributed by atoms with van der Waals surface area (Å²) in [5, 5.41) is 21.3. The number of rotatable bonds is 5. The molecule has 1 aromatic rings. The number of halogens is 1. The van der Waals surface area contributed by atoms with Crippen LogP contribution in [-0.2, 0) is 0 Å². The number of nitrogens with one attached hydrogen (secondary N) is 1. The van der Waals surface area contributed by atoms with Crippen molar-refractivity contribution in [3.05, 3.63) is 28.2 Å². The van der Waals surface area contributed by atoms with Crippen LogP contribution in [0, 0.1) is 12.3 Å². The Labute approximate surface area is 127 Å². The fourth-order valence-corrected chi connectivity index (χ4v) is 2.09. The third kappa shape index (κ3) is 4.47. The Bertz CT molecular complexity index is 475. The molecule has 0 fully saturated rings. The molecule has 0 aliphatic heterocycles. The molecule has 1 rings (SSSR count). The van der Waals surface area contributed by atoms with Crippen LogP contribution >= 0.6 is 15.9 Å². The number of hydrogen-bond donors (Lipinski definition) is 3. The van der Waals surface area contributed by atoms with Crippen molar-refractivity contribution in [2.45, 2.75) is 13.8 Å². The molecule has 112 valence electrons. The molecule has 0 radical (unpaired) electrons. The lowest BCUT2D eigenvalue weighted by Gasteiger charge is -2.30. The van der Waals surface area contributed by atoms with Crippen molar-refractivity contribution in [1.82, 2.24) is 4.90 Å². The minimum atomic E-state index is -0.710. The van der Waals surface area contributed by atoms with Crippen LogP contribution in [0.15, 0.2) is 22.7 Å². The zero-order valence-electron chi connectivity index (χ0n) is 12.0. The van der Waals surface area contributed by atoms with E-state index in [0.717, 1.165) is 15.7 Å². The Balaban J connectivity index is 2.73. The summed E-state index contributed by atoms with van der Waals surface area (Å²) < 4.78 is 0.886. The molecular formula is C14H21BrN2O3. The molecule has 3 N–H and O–H groups in total. The van der Waals surface area contributed by atoms with Gasteiger partial charge in [0.1, 0.15) is 0 Å². The molecule has 0 bridgehead atoms. The highest BCUT2D eigenvalue weighted by molar-refractivity contribution is 9.10. The summed E-state index contributed by atoms with van der Waals surface area (Å²) in [7, 11) is 1.63. The van der Waals surface area contributed by atoms with Gasteiger partial charge in [-0.2, -0.15) is 0 Å². The van der Waals surface area contributed by atoms with Gasteiger partial charge in [-0.3, -0.25) is 0 Å². The lowest BCUT2D eigenvalue weighted by Crippen LogP contribution is -2.43. The molecule has 20 heavy (non-hydrogen) atoms. The largest absolute Gasteiger partial charge is 0.396 e. The average Bonchev–Trinajstić information content (AvgIpc) is 2.42. The molecule has 0 aliphatic carbocycles. The number of aryl methyl sites for hydroxylation is 1. The highest BCUT2D eigenvalue weighted by Crippen LogP contribution is 2.21. The van der Waals surface area contributed by atoms with Gasteiger partial charge in [0.05, 0.1) is 13.2 Å². The van der Waals surface area contributed by atoms with E-state index in [1.165, 1.54) is 4.90 Å². The minimum Gasteiger partial charge on any atom is -0.396 e. The summed E-state index contributed by atoms with van der Waals surface area (Å²) in [6.07, 6.45) is 0. The fourth-order valence-electron chi connectivity index (χ4n) is 1.73. The SMILES string of the molecule is Cc1ccc(Br)cc1NC(=O)N(C)CC(C)(CO)CO. The second-order valence-corrected chi connectivity index (χ2v) is 6.29. The predicted molar refractivity (Wildman–Crippen MR) is 82.8 cm³/mol. The molecule has 0 aromatic heterocycles. The van der Waals surface area contributed by atoms with Gasteiger partial charge in [-0.1, -0.05) is 28.9 Å². The van der Waals surface area contributed by atoms with Crippen molar-refractivity contribution in [1.29, 1.82) is 0 Å². The monoisotopic (exact) mass is 344 g/mol. The molecule has 0 heterocycles. The number of hydrogen-bond acceptors (Lipinski definition) is 3. The number of carbonyl (C=O) groups excluding carboxylic acids is 1. The fraction of sp³-hybridized carbons (Fsp3) is 0.500. The average molecular weight is 345 g/mol. The van der Waals surface area contributed by atoms with Crippen molar-refractivity contribution < 1.29 is 15.0 Å². The molecule has 0 atom stereocenters. The van der Waals surface area contributed by atoms with Crippen LogP contribution in [0.5, 0.6) is 0 Å². The summed E-state index contributed by atoms with van der Waals surface area (Å²) >= 11 is 3.36. The maximum absolute atomic E-state index is 12.1. The molecular weight excluding hydrogens is 324 g/mol. The van der Waals surface area contributed by atoms with E-state index in [0.29, 0.717) is 0 Å². The lowest BCUT2D eigenvalue weighted by molar-refractivity contribution is 0.0509. The first kappa shape index (κ1) is 16.9. The summed E-state index contributed by atoms with van der Waals surface area (Å²) in [5.41, 5.74) is 0.978.